The molecule has 0 aliphatic carbocycles. The van der Waals surface area contributed by atoms with Gasteiger partial charge in [-0.1, -0.05) is 13.8 Å². The van der Waals surface area contributed by atoms with E-state index in [1.807, 2.05) is 12.5 Å². The number of non-ortho nitro benzene ring substituents is 1. The molecule has 396 valence electrons. The van der Waals surface area contributed by atoms with E-state index in [2.05, 4.69) is 47.9 Å². The molecule has 0 spiro atoms. The Balaban J connectivity index is 1.60. The Morgan fingerprint density at radius 1 is 0.761 bits per heavy atom. The summed E-state index contributed by atoms with van der Waals surface area (Å²) >= 11 is 2.95. The maximum Gasteiger partial charge on any atom is 0.269 e. The van der Waals surface area contributed by atoms with Crippen LogP contribution in [0.25, 0.3) is 0 Å². The van der Waals surface area contributed by atoms with E-state index in [1.54, 1.807) is 13.8 Å². The Hall–Kier alpha value is -5.57. The molecule has 24 nitrogen and oxygen atoms in total. The van der Waals surface area contributed by atoms with Crippen LogP contribution >= 0.6 is 23.5 Å². The number of hydrogen-bond donors (Lipinski definition) is 11. The van der Waals surface area contributed by atoms with Crippen molar-refractivity contribution in [2.75, 3.05) is 62.1 Å². The van der Waals surface area contributed by atoms with Crippen LogP contribution in [-0.2, 0) is 43.2 Å². The van der Waals surface area contributed by atoms with Crippen molar-refractivity contribution in [2.45, 2.75) is 127 Å². The van der Waals surface area contributed by atoms with Crippen molar-refractivity contribution in [3.63, 3.8) is 0 Å². The van der Waals surface area contributed by atoms with Crippen molar-refractivity contribution < 1.29 is 53.2 Å². The number of nitrogens with zero attached hydrogens (tertiary/aromatic N) is 2. The molecule has 8 atom stereocenters. The SMILES string of the molecule is CSCC[C@H](NC(=O)[C@H](CCSC)NC(=O)[C@@H]1CCCN1)C(=O)NCC(=O)N[C@@H](CCCCN)C(=O)N[C@@H](C)C(=O)N[C@@H](CO)C(=O)N1CCC[C@H]1C(=O)N[C@H](C(=O)Nc1ccc([N+](=O)[O-])cc1)C(C)C. The highest BCUT2D eigenvalue weighted by Crippen LogP contribution is 2.21. The van der Waals surface area contributed by atoms with Gasteiger partial charge in [0, 0.05) is 24.4 Å². The summed E-state index contributed by atoms with van der Waals surface area (Å²) in [5.74, 6) is -5.22. The molecule has 0 radical (unpaired) electrons. The Morgan fingerprint density at radius 3 is 1.96 bits per heavy atom. The molecule has 0 aromatic heterocycles. The number of carbonyl (C=O) groups is 9. The van der Waals surface area contributed by atoms with Gasteiger partial charge in [0.15, 0.2) is 0 Å². The number of benzene rings is 1. The lowest BCUT2D eigenvalue weighted by Crippen LogP contribution is -2.59. The molecule has 9 amide bonds. The highest BCUT2D eigenvalue weighted by Gasteiger charge is 2.40. The van der Waals surface area contributed by atoms with Crippen molar-refractivity contribution in [3.8, 4) is 0 Å². The number of carbonyl (C=O) groups excluding carboxylic acids is 9. The molecule has 2 fully saturated rings. The number of rotatable bonds is 30. The summed E-state index contributed by atoms with van der Waals surface area (Å²) in [5, 5.41) is 45.3. The van der Waals surface area contributed by atoms with Gasteiger partial charge in [-0.05, 0) is 120 Å². The first-order valence-electron chi connectivity index (χ1n) is 23.8. The number of hydrogen-bond acceptors (Lipinski definition) is 16. The third-order valence-electron chi connectivity index (χ3n) is 11.9. The third-order valence-corrected chi connectivity index (χ3v) is 13.2. The van der Waals surface area contributed by atoms with Crippen molar-refractivity contribution in [2.24, 2.45) is 11.7 Å². The van der Waals surface area contributed by atoms with E-state index in [9.17, 15) is 58.4 Å². The highest BCUT2D eigenvalue weighted by atomic mass is 32.2. The van der Waals surface area contributed by atoms with Crippen LogP contribution in [0.3, 0.4) is 0 Å². The number of nitro benzene ring substituents is 1. The van der Waals surface area contributed by atoms with Gasteiger partial charge >= 0.3 is 0 Å². The average molecular weight is 1040 g/mol. The molecule has 71 heavy (non-hydrogen) atoms. The van der Waals surface area contributed by atoms with Crippen molar-refractivity contribution in [3.05, 3.63) is 34.4 Å². The van der Waals surface area contributed by atoms with Gasteiger partial charge in [0.1, 0.15) is 42.3 Å². The number of aliphatic hydroxyl groups is 1. The third kappa shape index (κ3) is 19.5. The Kier molecular flexibility index (Phi) is 26.1. The fourth-order valence-electron chi connectivity index (χ4n) is 7.80. The molecule has 0 unspecified atom stereocenters. The van der Waals surface area contributed by atoms with Crippen LogP contribution in [0.4, 0.5) is 11.4 Å². The number of nitrogens with two attached hydrogens (primary N) is 1. The standard InChI is InChI=1S/C45H72N12O12S2/c1-26(2)37(44(66)50-28-13-15-29(16-14-28)57(68)69)55-43(65)35-12-9-21-56(35)45(67)34(25-58)54-38(60)27(3)49-41(63)31(10-6-7-19-46)51-36(59)24-48-39(61)32(17-22-70-4)52-42(64)33(18-23-71-5)53-40(62)30-11-8-20-47-30/h13-16,26-27,30-35,37,47,58H,6-12,17-25,46H2,1-5H3,(H,48,61)(H,49,63)(H,50,66)(H,51,59)(H,52,64)(H,53,62)(H,54,60)(H,55,65)/t27-,30-,31-,32-,33-,34-,35-,37-/m0/s1. The summed E-state index contributed by atoms with van der Waals surface area (Å²) in [5.41, 5.74) is 5.76. The lowest BCUT2D eigenvalue weighted by molar-refractivity contribution is -0.384. The first-order chi connectivity index (χ1) is 33.8. The van der Waals surface area contributed by atoms with E-state index in [4.69, 9.17) is 5.73 Å². The zero-order valence-electron chi connectivity index (χ0n) is 41.0. The highest BCUT2D eigenvalue weighted by molar-refractivity contribution is 7.98. The number of likely N-dealkylation sites (tertiary alicyclic amines) is 1. The second-order valence-corrected chi connectivity index (χ2v) is 19.6. The molecule has 2 heterocycles. The van der Waals surface area contributed by atoms with Crippen LogP contribution in [0.1, 0.15) is 78.6 Å². The lowest BCUT2D eigenvalue weighted by atomic mass is 10.0. The molecule has 0 saturated carbocycles. The number of amides is 9. The largest absolute Gasteiger partial charge is 0.394 e. The monoisotopic (exact) mass is 1040 g/mol. The topological polar surface area (TPSA) is 355 Å². The van der Waals surface area contributed by atoms with E-state index in [0.717, 1.165) is 6.42 Å². The molecule has 2 aliphatic heterocycles. The minimum Gasteiger partial charge on any atom is -0.394 e. The number of nitrogens with one attached hydrogen (secondary N) is 9. The number of nitro groups is 1. The molecule has 1 aromatic carbocycles. The van der Waals surface area contributed by atoms with Crippen LogP contribution in [0.15, 0.2) is 24.3 Å². The van der Waals surface area contributed by atoms with Crippen LogP contribution < -0.4 is 53.6 Å². The molecular formula is C45H72N12O12S2. The minimum atomic E-state index is -1.52. The summed E-state index contributed by atoms with van der Waals surface area (Å²) in [6.45, 7) is 4.40. The molecule has 2 saturated heterocycles. The maximum atomic E-state index is 13.8. The van der Waals surface area contributed by atoms with Crippen molar-refractivity contribution in [1.82, 2.24) is 47.4 Å². The van der Waals surface area contributed by atoms with E-state index in [1.165, 1.54) is 59.6 Å². The summed E-state index contributed by atoms with van der Waals surface area (Å²) in [6, 6.07) is -3.31. The van der Waals surface area contributed by atoms with E-state index >= 15 is 0 Å². The van der Waals surface area contributed by atoms with Gasteiger partial charge in [-0.25, -0.2) is 0 Å². The van der Waals surface area contributed by atoms with Crippen LogP contribution in [0.2, 0.25) is 0 Å². The lowest BCUT2D eigenvalue weighted by Gasteiger charge is -2.30. The summed E-state index contributed by atoms with van der Waals surface area (Å²) < 4.78 is 0. The molecule has 0 bridgehead atoms. The second-order valence-electron chi connectivity index (χ2n) is 17.6. The number of thioether (sulfide) groups is 2. The average Bonchev–Trinajstić information content (AvgIpc) is 4.08. The zero-order valence-corrected chi connectivity index (χ0v) is 42.7. The second kappa shape index (κ2) is 31.0. The zero-order chi connectivity index (χ0) is 52.6. The van der Waals surface area contributed by atoms with Crippen LogP contribution in [-0.4, -0.2) is 173 Å². The molecule has 3 rings (SSSR count). The van der Waals surface area contributed by atoms with Crippen LogP contribution in [0.5, 0.6) is 0 Å². The van der Waals surface area contributed by atoms with Crippen molar-refractivity contribution >= 4 is 88.1 Å². The van der Waals surface area contributed by atoms with Gasteiger partial charge in [0.25, 0.3) is 5.69 Å². The molecule has 12 N–H and O–H groups in total. The number of aliphatic hydroxyl groups excluding tert-OH is 1. The molecule has 2 aliphatic rings. The van der Waals surface area contributed by atoms with Gasteiger partial charge in [0.05, 0.1) is 24.1 Å². The fourth-order valence-corrected chi connectivity index (χ4v) is 8.74. The van der Waals surface area contributed by atoms with Crippen LogP contribution in [0, 0.1) is 16.0 Å². The molecule has 26 heteroatoms. The molecular weight excluding hydrogens is 965 g/mol. The number of anilines is 1. The summed E-state index contributed by atoms with van der Waals surface area (Å²) in [6.07, 6.45) is 7.39. The smallest absolute Gasteiger partial charge is 0.269 e. The fraction of sp³-hybridized carbons (Fsp3) is 0.667. The van der Waals surface area contributed by atoms with Gasteiger partial charge in [-0.3, -0.25) is 53.3 Å². The minimum absolute atomic E-state index is 0.103. The quantitative estimate of drug-likeness (QED) is 0.0240. The maximum absolute atomic E-state index is 13.8. The van der Waals surface area contributed by atoms with E-state index in [-0.39, 0.29) is 43.1 Å². The van der Waals surface area contributed by atoms with Gasteiger partial charge < -0.3 is 63.6 Å². The van der Waals surface area contributed by atoms with Gasteiger partial charge in [-0.15, -0.1) is 0 Å². The van der Waals surface area contributed by atoms with E-state index in [0.29, 0.717) is 56.7 Å². The number of unbranched alkanes of at least 4 members (excludes halogenated alkanes) is 1. The Bertz CT molecular complexity index is 1990. The van der Waals surface area contributed by atoms with Gasteiger partial charge in [-0.2, -0.15) is 23.5 Å². The summed E-state index contributed by atoms with van der Waals surface area (Å²) in [4.78, 5) is 132. The molecule has 1 aromatic rings. The predicted molar refractivity (Wildman–Crippen MR) is 269 cm³/mol. The Morgan fingerprint density at radius 2 is 1.38 bits per heavy atom. The van der Waals surface area contributed by atoms with Gasteiger partial charge in [0.2, 0.25) is 53.2 Å². The summed E-state index contributed by atoms with van der Waals surface area (Å²) in [7, 11) is 0. The normalized spacial score (nSPS) is 17.9. The van der Waals surface area contributed by atoms with Crippen molar-refractivity contribution in [1.29, 1.82) is 0 Å². The Labute approximate surface area is 422 Å². The first-order valence-corrected chi connectivity index (χ1v) is 26.6. The predicted octanol–water partition coefficient (Wildman–Crippen LogP) is -1.40. The van der Waals surface area contributed by atoms with E-state index < -0.39 is 120 Å². The first kappa shape index (κ1) is 59.7.